The minimum atomic E-state index is 0.334. The lowest BCUT2D eigenvalue weighted by Gasteiger charge is -2.02. The molecule has 92 valence electrons. The minimum Gasteiger partial charge on any atom is -0.468 e. The second-order valence-electron chi connectivity index (χ2n) is 4.33. The van der Waals surface area contributed by atoms with Gasteiger partial charge in [-0.3, -0.25) is 4.68 Å². The summed E-state index contributed by atoms with van der Waals surface area (Å²) in [6.45, 7) is 6.13. The molecule has 2 aromatic heterocycles. The van der Waals surface area contributed by atoms with Crippen molar-refractivity contribution in [1.29, 1.82) is 0 Å². The molecule has 2 aromatic rings. The summed E-state index contributed by atoms with van der Waals surface area (Å²) in [7, 11) is 1.92. The zero-order chi connectivity index (χ0) is 12.6. The predicted octanol–water partition coefficient (Wildman–Crippen LogP) is 3.18. The van der Waals surface area contributed by atoms with Crippen LogP contribution in [0.2, 0.25) is 0 Å². The normalized spacial score (nSPS) is 11.4. The predicted molar refractivity (Wildman–Crippen MR) is 69.3 cm³/mol. The lowest BCUT2D eigenvalue weighted by Crippen LogP contribution is -1.94. The number of rotatable bonds is 3. The molecule has 0 amide bonds. The van der Waals surface area contributed by atoms with Crippen LogP contribution in [0, 0.1) is 6.92 Å². The van der Waals surface area contributed by atoms with Gasteiger partial charge in [0.05, 0.1) is 22.5 Å². The first-order chi connectivity index (χ1) is 8.00. The molecule has 0 aromatic carbocycles. The number of hydrogen-bond acceptors (Lipinski definition) is 4. The largest absolute Gasteiger partial charge is 0.468 e. The van der Waals surface area contributed by atoms with Crippen molar-refractivity contribution >= 4 is 17.4 Å². The highest BCUT2D eigenvalue weighted by Crippen LogP contribution is 2.37. The Labute approximate surface area is 105 Å². The van der Waals surface area contributed by atoms with Gasteiger partial charge in [0.25, 0.3) is 0 Å². The van der Waals surface area contributed by atoms with E-state index in [4.69, 9.17) is 10.2 Å². The van der Waals surface area contributed by atoms with Gasteiger partial charge in [-0.25, -0.2) is 0 Å². The third-order valence-corrected chi connectivity index (χ3v) is 3.94. The van der Waals surface area contributed by atoms with E-state index in [-0.39, 0.29) is 0 Å². The molecule has 0 unspecified atom stereocenters. The number of aromatic nitrogens is 2. The number of nitrogen functional groups attached to an aromatic ring is 1. The Morgan fingerprint density at radius 1 is 1.47 bits per heavy atom. The number of nitrogens with two attached hydrogens (primary N) is 1. The summed E-state index contributed by atoms with van der Waals surface area (Å²) in [5.74, 6) is 1.24. The van der Waals surface area contributed by atoms with Crippen LogP contribution in [0.25, 0.3) is 0 Å². The zero-order valence-corrected chi connectivity index (χ0v) is 11.3. The topological polar surface area (TPSA) is 57.0 Å². The molecule has 0 aliphatic rings. The summed E-state index contributed by atoms with van der Waals surface area (Å²) in [6.07, 6.45) is 1.69. The van der Waals surface area contributed by atoms with Crippen LogP contribution in [0.3, 0.4) is 0 Å². The van der Waals surface area contributed by atoms with Crippen LogP contribution >= 0.6 is 11.8 Å². The standard InChI is InChI=1S/C12H17N3OS/c1-7(2)11-10(13)12(15(4)14-11)17-9-5-6-16-8(9)3/h5-7H,13H2,1-4H3. The maximum Gasteiger partial charge on any atom is 0.122 e. The summed E-state index contributed by atoms with van der Waals surface area (Å²) >= 11 is 1.59. The molecule has 2 N–H and O–H groups in total. The molecule has 0 saturated carbocycles. The summed E-state index contributed by atoms with van der Waals surface area (Å²) in [6, 6.07) is 1.95. The number of nitrogens with zero attached hydrogens (tertiary/aromatic N) is 2. The van der Waals surface area contributed by atoms with Gasteiger partial charge in [0.15, 0.2) is 0 Å². The van der Waals surface area contributed by atoms with Gasteiger partial charge in [0.1, 0.15) is 10.8 Å². The Bertz CT molecular complexity index is 528. The van der Waals surface area contributed by atoms with Crippen LogP contribution in [0.5, 0.6) is 0 Å². The Balaban J connectivity index is 2.37. The quantitative estimate of drug-likeness (QED) is 0.910. The number of anilines is 1. The molecular weight excluding hydrogens is 234 g/mol. The van der Waals surface area contributed by atoms with Crippen molar-refractivity contribution in [2.45, 2.75) is 36.6 Å². The molecular formula is C12H17N3OS. The second-order valence-corrected chi connectivity index (χ2v) is 5.36. The fourth-order valence-electron chi connectivity index (χ4n) is 1.68. The van der Waals surface area contributed by atoms with Crippen LogP contribution < -0.4 is 5.73 Å². The zero-order valence-electron chi connectivity index (χ0n) is 10.5. The van der Waals surface area contributed by atoms with Crippen LogP contribution in [0.4, 0.5) is 5.69 Å². The first-order valence-corrected chi connectivity index (χ1v) is 6.36. The Morgan fingerprint density at radius 3 is 2.65 bits per heavy atom. The second kappa shape index (κ2) is 4.49. The summed E-state index contributed by atoms with van der Waals surface area (Å²) in [5.41, 5.74) is 7.86. The molecule has 0 atom stereocenters. The summed E-state index contributed by atoms with van der Waals surface area (Å²) in [4.78, 5) is 1.08. The van der Waals surface area contributed by atoms with Crippen molar-refractivity contribution < 1.29 is 4.42 Å². The van der Waals surface area contributed by atoms with Crippen molar-refractivity contribution in [2.75, 3.05) is 5.73 Å². The van der Waals surface area contributed by atoms with Crippen LogP contribution in [0.15, 0.2) is 26.7 Å². The van der Waals surface area contributed by atoms with Gasteiger partial charge in [0, 0.05) is 7.05 Å². The Hall–Kier alpha value is -1.36. The van der Waals surface area contributed by atoms with E-state index in [1.165, 1.54) is 0 Å². The van der Waals surface area contributed by atoms with Crippen LogP contribution in [-0.4, -0.2) is 9.78 Å². The fraction of sp³-hybridized carbons (Fsp3) is 0.417. The fourth-order valence-corrected chi connectivity index (χ4v) is 2.59. The van der Waals surface area contributed by atoms with Gasteiger partial charge < -0.3 is 10.2 Å². The van der Waals surface area contributed by atoms with E-state index in [9.17, 15) is 0 Å². The third kappa shape index (κ3) is 2.20. The van der Waals surface area contributed by atoms with Gasteiger partial charge in [-0.15, -0.1) is 0 Å². The van der Waals surface area contributed by atoms with E-state index in [2.05, 4.69) is 18.9 Å². The molecule has 0 fully saturated rings. The average molecular weight is 251 g/mol. The Morgan fingerprint density at radius 2 is 2.18 bits per heavy atom. The monoisotopic (exact) mass is 251 g/mol. The molecule has 5 heteroatoms. The minimum absolute atomic E-state index is 0.334. The molecule has 17 heavy (non-hydrogen) atoms. The first-order valence-electron chi connectivity index (χ1n) is 5.55. The number of aryl methyl sites for hydroxylation is 2. The van der Waals surface area contributed by atoms with E-state index in [1.54, 1.807) is 18.0 Å². The maximum atomic E-state index is 6.14. The van der Waals surface area contributed by atoms with Gasteiger partial charge in [-0.1, -0.05) is 25.6 Å². The third-order valence-electron chi connectivity index (χ3n) is 2.62. The smallest absolute Gasteiger partial charge is 0.122 e. The van der Waals surface area contributed by atoms with Gasteiger partial charge in [0.2, 0.25) is 0 Å². The lowest BCUT2D eigenvalue weighted by atomic mass is 10.1. The number of hydrogen-bond donors (Lipinski definition) is 1. The summed E-state index contributed by atoms with van der Waals surface area (Å²) < 4.78 is 7.11. The SMILES string of the molecule is Cc1occc1Sc1c(N)c(C(C)C)nn1C. The van der Waals surface area contributed by atoms with Gasteiger partial charge in [-0.2, -0.15) is 5.10 Å². The molecule has 2 rings (SSSR count). The molecule has 0 spiro atoms. The molecule has 4 nitrogen and oxygen atoms in total. The van der Waals surface area contributed by atoms with Crippen LogP contribution in [0.1, 0.15) is 31.2 Å². The van der Waals surface area contributed by atoms with E-state index in [0.29, 0.717) is 5.92 Å². The molecule has 0 aliphatic carbocycles. The van der Waals surface area contributed by atoms with Crippen LogP contribution in [-0.2, 0) is 7.05 Å². The van der Waals surface area contributed by atoms with E-state index in [0.717, 1.165) is 27.1 Å². The van der Waals surface area contributed by atoms with Crippen molar-refractivity contribution in [3.63, 3.8) is 0 Å². The molecule has 0 aliphatic heterocycles. The number of furan rings is 1. The first kappa shape index (κ1) is 12.1. The highest BCUT2D eigenvalue weighted by Gasteiger charge is 2.17. The van der Waals surface area contributed by atoms with Gasteiger partial charge in [-0.05, 0) is 18.9 Å². The molecule has 0 radical (unpaired) electrons. The lowest BCUT2D eigenvalue weighted by molar-refractivity contribution is 0.526. The molecule has 2 heterocycles. The maximum absolute atomic E-state index is 6.14. The average Bonchev–Trinajstić information content (AvgIpc) is 2.77. The van der Waals surface area contributed by atoms with Crippen molar-refractivity contribution in [3.8, 4) is 0 Å². The summed E-state index contributed by atoms with van der Waals surface area (Å²) in [5, 5.41) is 5.43. The Kier molecular flexibility index (Phi) is 3.19. The van der Waals surface area contributed by atoms with E-state index >= 15 is 0 Å². The van der Waals surface area contributed by atoms with Crippen molar-refractivity contribution in [1.82, 2.24) is 9.78 Å². The highest BCUT2D eigenvalue weighted by atomic mass is 32.2. The van der Waals surface area contributed by atoms with Crippen molar-refractivity contribution in [3.05, 3.63) is 23.8 Å². The van der Waals surface area contributed by atoms with E-state index < -0.39 is 0 Å². The molecule has 0 bridgehead atoms. The van der Waals surface area contributed by atoms with Gasteiger partial charge >= 0.3 is 0 Å². The highest BCUT2D eigenvalue weighted by molar-refractivity contribution is 7.99. The molecule has 0 saturated heterocycles. The van der Waals surface area contributed by atoms with Crippen molar-refractivity contribution in [2.24, 2.45) is 7.05 Å². The van der Waals surface area contributed by atoms with E-state index in [1.807, 2.05) is 24.7 Å².